The zero-order valence-electron chi connectivity index (χ0n) is 33.1. The van der Waals surface area contributed by atoms with Crippen molar-refractivity contribution in [3.63, 3.8) is 0 Å². The van der Waals surface area contributed by atoms with Crippen molar-refractivity contribution in [3.05, 3.63) is 52.1 Å². The summed E-state index contributed by atoms with van der Waals surface area (Å²) in [7, 11) is 6.61. The number of benzene rings is 1. The van der Waals surface area contributed by atoms with Crippen LogP contribution in [0.15, 0.2) is 35.9 Å². The monoisotopic (exact) mass is 759 g/mol. The van der Waals surface area contributed by atoms with Crippen LogP contribution in [0.5, 0.6) is 0 Å². The maximum Gasteiger partial charge on any atom is 0.328 e. The number of nitrogens with zero attached hydrogens (tertiary/aromatic N) is 3. The number of aliphatic hydroxyl groups is 1. The topological polar surface area (TPSA) is 138 Å². The van der Waals surface area contributed by atoms with E-state index in [-0.39, 0.29) is 43.5 Å². The number of carbonyl (C=O) groups is 4. The van der Waals surface area contributed by atoms with Gasteiger partial charge in [-0.3, -0.25) is 14.4 Å². The van der Waals surface area contributed by atoms with Crippen LogP contribution in [0.3, 0.4) is 0 Å². The third-order valence-electron chi connectivity index (χ3n) is 11.3. The molecular weight excluding hydrogens is 702 g/mol. The molecule has 0 radical (unpaired) electrons. The smallest absolute Gasteiger partial charge is 0.328 e. The maximum atomic E-state index is 14.1. The number of anilines is 1. The van der Waals surface area contributed by atoms with Gasteiger partial charge in [0.05, 0.1) is 29.7 Å². The fourth-order valence-corrected chi connectivity index (χ4v) is 7.45. The second-order valence-electron chi connectivity index (χ2n) is 15.7. The molecule has 4 bridgehead atoms. The first-order chi connectivity index (χ1) is 24.7. The molecule has 53 heavy (non-hydrogen) atoms. The average Bonchev–Trinajstić information content (AvgIpc) is 3.79. The van der Waals surface area contributed by atoms with Crippen LogP contribution in [-0.2, 0) is 44.5 Å². The highest BCUT2D eigenvalue weighted by Gasteiger charge is 2.64. The van der Waals surface area contributed by atoms with Crippen molar-refractivity contribution in [1.29, 1.82) is 0 Å². The fourth-order valence-electron chi connectivity index (χ4n) is 7.22. The molecule has 1 aromatic rings. The summed E-state index contributed by atoms with van der Waals surface area (Å²) in [6.45, 7) is 13.6. The van der Waals surface area contributed by atoms with Crippen LogP contribution in [0.2, 0.25) is 5.02 Å². The van der Waals surface area contributed by atoms with Crippen LogP contribution in [0.25, 0.3) is 0 Å². The van der Waals surface area contributed by atoms with E-state index in [1.165, 1.54) is 16.9 Å². The predicted molar refractivity (Wildman–Crippen MR) is 203 cm³/mol. The molecule has 3 aliphatic rings. The van der Waals surface area contributed by atoms with Crippen molar-refractivity contribution in [2.75, 3.05) is 39.7 Å². The predicted octanol–water partition coefficient (Wildman–Crippen LogP) is 4.79. The second kappa shape index (κ2) is 17.0. The first kappa shape index (κ1) is 42.5. The highest BCUT2D eigenvalue weighted by Crippen LogP contribution is 2.49. The molecule has 0 aliphatic carbocycles. The van der Waals surface area contributed by atoms with Crippen LogP contribution >= 0.6 is 11.6 Å². The van der Waals surface area contributed by atoms with Gasteiger partial charge in [0.1, 0.15) is 35.6 Å². The number of methoxy groups -OCH3 is 1. The molecule has 1 aromatic carbocycles. The van der Waals surface area contributed by atoms with Crippen LogP contribution < -0.4 is 4.90 Å². The van der Waals surface area contributed by atoms with E-state index in [9.17, 15) is 24.3 Å². The summed E-state index contributed by atoms with van der Waals surface area (Å²) in [5.74, 6) is -2.31. The van der Waals surface area contributed by atoms with Gasteiger partial charge in [-0.15, -0.1) is 0 Å². The van der Waals surface area contributed by atoms with Crippen molar-refractivity contribution in [2.45, 2.75) is 128 Å². The molecule has 2 saturated heterocycles. The van der Waals surface area contributed by atoms with Crippen LogP contribution in [-0.4, -0.2) is 121 Å². The molecule has 2 amide bonds. The summed E-state index contributed by atoms with van der Waals surface area (Å²) in [5, 5.41) is 12.3. The van der Waals surface area contributed by atoms with Gasteiger partial charge in [-0.1, -0.05) is 48.4 Å². The molecule has 2 fully saturated rings. The first-order valence-corrected chi connectivity index (χ1v) is 18.8. The van der Waals surface area contributed by atoms with E-state index in [0.29, 0.717) is 23.7 Å². The van der Waals surface area contributed by atoms with E-state index in [4.69, 9.17) is 30.5 Å². The number of hydrogen-bond donors (Lipinski definition) is 1. The van der Waals surface area contributed by atoms with Gasteiger partial charge in [0, 0.05) is 52.6 Å². The Morgan fingerprint density at radius 2 is 1.85 bits per heavy atom. The number of aryl methyl sites for hydroxylation is 1. The number of likely N-dealkylation sites (N-methyl/N-ethyl adjacent to an activating group) is 1. The van der Waals surface area contributed by atoms with E-state index in [0.717, 1.165) is 16.7 Å². The molecule has 12 nitrogen and oxygen atoms in total. The highest BCUT2D eigenvalue weighted by molar-refractivity contribution is 6.34. The van der Waals surface area contributed by atoms with Crippen LogP contribution in [0.1, 0.15) is 78.4 Å². The van der Waals surface area contributed by atoms with Crippen molar-refractivity contribution in [3.8, 4) is 0 Å². The Morgan fingerprint density at radius 1 is 1.17 bits per heavy atom. The summed E-state index contributed by atoms with van der Waals surface area (Å²) in [6, 6.07) is 3.15. The number of halogens is 1. The van der Waals surface area contributed by atoms with Crippen molar-refractivity contribution in [1.82, 2.24) is 9.80 Å². The summed E-state index contributed by atoms with van der Waals surface area (Å²) >= 11 is 6.78. The SMILES string of the molecule is CO[C@@H]1/C=C/C=C(\C)Cc2cc(C)c(Cl)c(c2)N(C)C(=O)C[C@H](OC(=O)[C@H](C)N(C)C(=O)CCN(C)C(C)C)[C@]2(C)O[C@H]2[C@H](C)[C@@H]2C[C@@]1(O)CC(=O)O2. The lowest BCUT2D eigenvalue weighted by atomic mass is 9.78. The minimum atomic E-state index is -1.56. The molecule has 13 heteroatoms. The number of carbonyl (C=O) groups excluding carboxylic acids is 4. The van der Waals surface area contributed by atoms with Crippen molar-refractivity contribution in [2.24, 2.45) is 5.92 Å². The minimum Gasteiger partial charge on any atom is -0.462 e. The average molecular weight is 760 g/mol. The summed E-state index contributed by atoms with van der Waals surface area (Å²) in [5.41, 5.74) is 0.510. The van der Waals surface area contributed by atoms with Gasteiger partial charge in [-0.25, -0.2) is 4.79 Å². The van der Waals surface area contributed by atoms with Gasteiger partial charge in [0.25, 0.3) is 0 Å². The van der Waals surface area contributed by atoms with E-state index in [1.807, 2.05) is 70.9 Å². The molecule has 0 spiro atoms. The largest absolute Gasteiger partial charge is 0.462 e. The number of epoxide rings is 1. The number of amides is 2. The van der Waals surface area contributed by atoms with Gasteiger partial charge in [-0.2, -0.15) is 0 Å². The van der Waals surface area contributed by atoms with Crippen molar-refractivity contribution >= 4 is 41.0 Å². The lowest BCUT2D eigenvalue weighted by Crippen LogP contribution is -2.53. The lowest BCUT2D eigenvalue weighted by Gasteiger charge is -2.41. The molecule has 8 atom stereocenters. The quantitative estimate of drug-likeness (QED) is 0.291. The Bertz CT molecular complexity index is 1610. The van der Waals surface area contributed by atoms with Crippen LogP contribution in [0.4, 0.5) is 5.69 Å². The molecule has 4 rings (SSSR count). The maximum absolute atomic E-state index is 14.1. The van der Waals surface area contributed by atoms with Crippen LogP contribution in [0, 0.1) is 12.8 Å². The minimum absolute atomic E-state index is 0.0765. The zero-order valence-corrected chi connectivity index (χ0v) is 33.9. The lowest BCUT2D eigenvalue weighted by molar-refractivity contribution is -0.187. The molecule has 0 saturated carbocycles. The number of hydrogen-bond acceptors (Lipinski definition) is 10. The fraction of sp³-hybridized carbons (Fsp3) is 0.650. The van der Waals surface area contributed by atoms with Gasteiger partial charge in [-0.05, 0) is 72.2 Å². The first-order valence-electron chi connectivity index (χ1n) is 18.4. The molecule has 294 valence electrons. The molecular formula is C40H58ClN3O9. The van der Waals surface area contributed by atoms with Gasteiger partial charge in [0.2, 0.25) is 11.8 Å². The number of fused-ring (bicyclic) bond motifs is 5. The number of rotatable bonds is 8. The zero-order chi connectivity index (χ0) is 39.6. The van der Waals surface area contributed by atoms with E-state index < -0.39 is 59.5 Å². The van der Waals surface area contributed by atoms with E-state index in [2.05, 4.69) is 0 Å². The Balaban J connectivity index is 1.71. The third-order valence-corrected chi connectivity index (χ3v) is 11.8. The Kier molecular flexibility index (Phi) is 13.6. The summed E-state index contributed by atoms with van der Waals surface area (Å²) in [6.07, 6.45) is 2.54. The number of allylic oxidation sites excluding steroid dienone is 3. The molecule has 0 unspecified atom stereocenters. The number of ether oxygens (including phenoxy) is 4. The van der Waals surface area contributed by atoms with Gasteiger partial charge < -0.3 is 38.8 Å². The normalized spacial score (nSPS) is 31.6. The standard InChI is InChI=1S/C40H58ClN3O9/c1-23(2)42(8)16-15-33(45)43(9)27(6)38(48)52-32-20-34(46)44(10)29-19-28(18-25(4)36(29)41)17-24(3)13-12-14-31(50-11)40(49)21-30(51-35(47)22-40)26(5)37-39(32,7)53-37/h12-14,18-19,23,26-27,30-32,37,49H,15-17,20-22H2,1-11H3/b14-12+,24-13+/t26-,27+,30+,31-,32+,37+,39+,40-/m1/s1. The highest BCUT2D eigenvalue weighted by atomic mass is 35.5. The van der Waals surface area contributed by atoms with Gasteiger partial charge in [0.15, 0.2) is 0 Å². The molecule has 1 N–H and O–H groups in total. The van der Waals surface area contributed by atoms with Crippen molar-refractivity contribution < 1.29 is 43.2 Å². The van der Waals surface area contributed by atoms with Gasteiger partial charge >= 0.3 is 11.9 Å². The Hall–Kier alpha value is -3.29. The molecule has 3 aliphatic heterocycles. The summed E-state index contributed by atoms with van der Waals surface area (Å²) < 4.78 is 23.9. The third kappa shape index (κ3) is 9.69. The Morgan fingerprint density at radius 3 is 2.49 bits per heavy atom. The number of esters is 2. The molecule has 0 aromatic heterocycles. The summed E-state index contributed by atoms with van der Waals surface area (Å²) in [4.78, 5) is 58.8. The van der Waals surface area contributed by atoms with E-state index >= 15 is 0 Å². The van der Waals surface area contributed by atoms with E-state index in [1.54, 1.807) is 34.0 Å². The molecule has 3 heterocycles. The Labute approximate surface area is 319 Å². The second-order valence-corrected chi connectivity index (χ2v) is 16.0.